The van der Waals surface area contributed by atoms with Crippen molar-refractivity contribution in [2.24, 2.45) is 0 Å². The Hall–Kier alpha value is -1.71. The zero-order valence-electron chi connectivity index (χ0n) is 6.69. The summed E-state index contributed by atoms with van der Waals surface area (Å²) in [6.07, 6.45) is 0. The maximum atomic E-state index is 8.73. The van der Waals surface area contributed by atoms with Crippen molar-refractivity contribution in [3.05, 3.63) is 0 Å². The molecule has 0 spiro atoms. The van der Waals surface area contributed by atoms with Crippen LogP contribution in [0.5, 0.6) is 18.0 Å². The number of rotatable bonds is 3. The quantitative estimate of drug-likeness (QED) is 0.332. The first-order valence-corrected chi connectivity index (χ1v) is 3.31. The summed E-state index contributed by atoms with van der Waals surface area (Å²) in [4.78, 5) is 9.31. The standard InChI is InChI=1S/C5H7N3O6/c9-2-6-3(10)8-4(7-2)14-1-5(11,12)13/h11-13H,1H2,(H2,6,7,8,9,10). The van der Waals surface area contributed by atoms with Gasteiger partial charge in [0.1, 0.15) is 0 Å². The molecule has 0 aliphatic rings. The van der Waals surface area contributed by atoms with Gasteiger partial charge in [-0.3, -0.25) is 0 Å². The van der Waals surface area contributed by atoms with E-state index in [9.17, 15) is 0 Å². The van der Waals surface area contributed by atoms with E-state index in [1.807, 2.05) is 0 Å². The fraction of sp³-hybridized carbons (Fsp3) is 0.400. The molecule has 9 heteroatoms. The highest BCUT2D eigenvalue weighted by Crippen LogP contribution is 2.12. The third-order valence-electron chi connectivity index (χ3n) is 0.986. The molecule has 0 atom stereocenters. The van der Waals surface area contributed by atoms with Crippen LogP contribution in [-0.2, 0) is 0 Å². The Labute approximate surface area is 76.9 Å². The van der Waals surface area contributed by atoms with Crippen LogP contribution in [0.4, 0.5) is 0 Å². The van der Waals surface area contributed by atoms with Crippen LogP contribution in [0.2, 0.25) is 0 Å². The Balaban J connectivity index is 2.68. The number of aromatic nitrogens is 3. The molecular formula is C5H7N3O6. The molecule has 1 rings (SSSR count). The molecule has 14 heavy (non-hydrogen) atoms. The third-order valence-corrected chi connectivity index (χ3v) is 0.986. The minimum atomic E-state index is -3.04. The monoisotopic (exact) mass is 205 g/mol. The van der Waals surface area contributed by atoms with Crippen LogP contribution < -0.4 is 4.74 Å². The van der Waals surface area contributed by atoms with Gasteiger partial charge in [-0.25, -0.2) is 0 Å². The summed E-state index contributed by atoms with van der Waals surface area (Å²) >= 11 is 0. The van der Waals surface area contributed by atoms with Gasteiger partial charge in [0.2, 0.25) is 0 Å². The molecule has 1 aromatic rings. The molecule has 5 N–H and O–H groups in total. The SMILES string of the molecule is Oc1nc(O)nc(OCC(O)(O)O)n1. The Bertz CT molecular complexity index is 303. The van der Waals surface area contributed by atoms with E-state index in [1.165, 1.54) is 0 Å². The molecule has 0 aromatic carbocycles. The van der Waals surface area contributed by atoms with Crippen molar-refractivity contribution in [1.82, 2.24) is 15.0 Å². The van der Waals surface area contributed by atoms with Gasteiger partial charge in [0.15, 0.2) is 6.61 Å². The molecule has 0 saturated heterocycles. The van der Waals surface area contributed by atoms with Gasteiger partial charge < -0.3 is 30.3 Å². The largest absolute Gasteiger partial charge is 0.479 e. The van der Waals surface area contributed by atoms with Gasteiger partial charge in [-0.1, -0.05) is 0 Å². The topological polar surface area (TPSA) is 149 Å². The first-order chi connectivity index (χ1) is 6.37. The number of nitrogens with zero attached hydrogens (tertiary/aromatic N) is 3. The average molecular weight is 205 g/mol. The minimum Gasteiger partial charge on any atom is -0.479 e. The lowest BCUT2D eigenvalue weighted by Crippen LogP contribution is -2.35. The first-order valence-electron chi connectivity index (χ1n) is 3.31. The van der Waals surface area contributed by atoms with Gasteiger partial charge in [0.05, 0.1) is 0 Å². The second-order valence-electron chi connectivity index (χ2n) is 2.28. The first kappa shape index (κ1) is 10.4. The molecule has 9 nitrogen and oxygen atoms in total. The van der Waals surface area contributed by atoms with E-state index in [0.717, 1.165) is 0 Å². The fourth-order valence-electron chi connectivity index (χ4n) is 0.561. The van der Waals surface area contributed by atoms with Gasteiger partial charge in [-0.05, 0) is 0 Å². The molecule has 78 valence electrons. The van der Waals surface area contributed by atoms with Gasteiger partial charge in [0, 0.05) is 0 Å². The van der Waals surface area contributed by atoms with Crippen LogP contribution in [0.3, 0.4) is 0 Å². The summed E-state index contributed by atoms with van der Waals surface area (Å²) < 4.78 is 4.40. The summed E-state index contributed by atoms with van der Waals surface area (Å²) in [7, 11) is 0. The van der Waals surface area contributed by atoms with E-state index in [-0.39, 0.29) is 0 Å². The molecule has 0 saturated carbocycles. The normalized spacial score (nSPS) is 11.4. The molecule has 1 aromatic heterocycles. The van der Waals surface area contributed by atoms with Crippen LogP contribution in [0.15, 0.2) is 0 Å². The molecule has 1 heterocycles. The van der Waals surface area contributed by atoms with Crippen molar-refractivity contribution < 1.29 is 30.3 Å². The van der Waals surface area contributed by atoms with Crippen molar-refractivity contribution in [1.29, 1.82) is 0 Å². The van der Waals surface area contributed by atoms with Crippen molar-refractivity contribution in [3.8, 4) is 18.0 Å². The molecule has 0 fully saturated rings. The van der Waals surface area contributed by atoms with E-state index < -0.39 is 30.6 Å². The number of hydrogen-bond acceptors (Lipinski definition) is 9. The summed E-state index contributed by atoms with van der Waals surface area (Å²) in [5.41, 5.74) is 0. The van der Waals surface area contributed by atoms with Gasteiger partial charge in [-0.15, -0.1) is 15.0 Å². The van der Waals surface area contributed by atoms with Gasteiger partial charge in [-0.2, -0.15) is 0 Å². The predicted octanol–water partition coefficient (Wildman–Crippen LogP) is -2.71. The van der Waals surface area contributed by atoms with Crippen LogP contribution in [-0.4, -0.2) is 53.1 Å². The van der Waals surface area contributed by atoms with Crippen LogP contribution in [0.1, 0.15) is 0 Å². The van der Waals surface area contributed by atoms with Gasteiger partial charge in [0.25, 0.3) is 0 Å². The summed E-state index contributed by atoms with van der Waals surface area (Å²) in [6, 6.07) is -2.16. The smallest absolute Gasteiger partial charge is 0.326 e. The molecule has 0 aliphatic heterocycles. The summed E-state index contributed by atoms with van der Waals surface area (Å²) in [5.74, 6) is -3.04. The molecule has 0 bridgehead atoms. The number of aromatic hydroxyl groups is 2. The maximum absolute atomic E-state index is 8.73. The number of hydrogen-bond donors (Lipinski definition) is 5. The van der Waals surface area contributed by atoms with Crippen molar-refractivity contribution in [2.75, 3.05) is 6.61 Å². The van der Waals surface area contributed by atoms with Crippen molar-refractivity contribution in [2.45, 2.75) is 5.97 Å². The lowest BCUT2D eigenvalue weighted by molar-refractivity contribution is -0.323. The zero-order chi connectivity index (χ0) is 10.8. The van der Waals surface area contributed by atoms with Crippen LogP contribution >= 0.6 is 0 Å². The molecular weight excluding hydrogens is 198 g/mol. The Kier molecular flexibility index (Phi) is 2.65. The van der Waals surface area contributed by atoms with Crippen molar-refractivity contribution >= 4 is 0 Å². The molecule has 0 aliphatic carbocycles. The third kappa shape index (κ3) is 3.35. The van der Waals surface area contributed by atoms with Gasteiger partial charge >= 0.3 is 24.0 Å². The molecule has 0 unspecified atom stereocenters. The minimum absolute atomic E-state index is 0.559. The van der Waals surface area contributed by atoms with E-state index >= 15 is 0 Å². The summed E-state index contributed by atoms with van der Waals surface area (Å²) in [5, 5.41) is 42.7. The zero-order valence-corrected chi connectivity index (χ0v) is 6.69. The highest BCUT2D eigenvalue weighted by Gasteiger charge is 2.20. The molecule has 0 radical (unpaired) electrons. The fourth-order valence-corrected chi connectivity index (χ4v) is 0.561. The second kappa shape index (κ2) is 3.57. The van der Waals surface area contributed by atoms with Crippen LogP contribution in [0.25, 0.3) is 0 Å². The van der Waals surface area contributed by atoms with E-state index in [2.05, 4.69) is 19.7 Å². The Morgan fingerprint density at radius 1 is 1.00 bits per heavy atom. The van der Waals surface area contributed by atoms with E-state index in [0.29, 0.717) is 0 Å². The average Bonchev–Trinajstić information content (AvgIpc) is 1.97. The van der Waals surface area contributed by atoms with Crippen molar-refractivity contribution in [3.63, 3.8) is 0 Å². The Morgan fingerprint density at radius 3 is 1.93 bits per heavy atom. The second-order valence-corrected chi connectivity index (χ2v) is 2.28. The Morgan fingerprint density at radius 2 is 1.50 bits per heavy atom. The lowest BCUT2D eigenvalue weighted by Gasteiger charge is -2.13. The number of aliphatic hydroxyl groups is 3. The maximum Gasteiger partial charge on any atom is 0.326 e. The number of ether oxygens (including phenoxy) is 1. The summed E-state index contributed by atoms with van der Waals surface area (Å²) in [6.45, 7) is -0.949. The van der Waals surface area contributed by atoms with E-state index in [4.69, 9.17) is 25.5 Å². The highest BCUT2D eigenvalue weighted by molar-refractivity contribution is 5.06. The highest BCUT2D eigenvalue weighted by atomic mass is 16.7. The van der Waals surface area contributed by atoms with E-state index in [1.54, 1.807) is 0 Å². The lowest BCUT2D eigenvalue weighted by atomic mass is 10.6. The predicted molar refractivity (Wildman–Crippen MR) is 38.0 cm³/mol. The van der Waals surface area contributed by atoms with Crippen LogP contribution in [0, 0.1) is 0 Å². The molecule has 0 amide bonds.